The summed E-state index contributed by atoms with van der Waals surface area (Å²) in [6, 6.07) is 65.2. The van der Waals surface area contributed by atoms with Gasteiger partial charge >= 0.3 is 23.9 Å². The number of pyridine rings is 4. The second-order valence-corrected chi connectivity index (χ2v) is 37.3. The summed E-state index contributed by atoms with van der Waals surface area (Å²) in [6.45, 7) is 34.5. The second-order valence-electron chi connectivity index (χ2n) is 37.3. The van der Waals surface area contributed by atoms with Crippen LogP contribution in [0.25, 0.3) is 131 Å². The molecule has 0 radical (unpaired) electrons. The van der Waals surface area contributed by atoms with E-state index in [0.717, 1.165) is 220 Å². The average Bonchev–Trinajstić information content (AvgIpc) is 0.742. The van der Waals surface area contributed by atoms with Crippen molar-refractivity contribution in [3.63, 3.8) is 0 Å². The number of hydrogen-bond donors (Lipinski definition) is 2. The second kappa shape index (κ2) is 39.3. The molecule has 696 valence electrons. The Bertz CT molecular complexity index is 7340. The van der Waals surface area contributed by atoms with Crippen molar-refractivity contribution in [1.29, 1.82) is 0 Å². The first-order chi connectivity index (χ1) is 65.5. The molecule has 2 N–H and O–H groups in total. The number of nitrogens with zero attached hydrogens (tertiary/aromatic N) is 4. The summed E-state index contributed by atoms with van der Waals surface area (Å²) in [5.74, 6) is 0.929. The lowest BCUT2D eigenvalue weighted by molar-refractivity contribution is -0.168. The lowest BCUT2D eigenvalue weighted by Crippen LogP contribution is -2.31. The predicted octanol–water partition coefficient (Wildman–Crippen LogP) is 25.3. The number of rotatable bonds is 22. The summed E-state index contributed by atoms with van der Waals surface area (Å²) < 4.78 is 59.2. The number of aliphatic carboxylic acids is 1. The Labute approximate surface area is 792 Å². The smallest absolute Gasteiger partial charge is 0.339 e. The Morgan fingerprint density at radius 1 is 0.346 bits per heavy atom. The van der Waals surface area contributed by atoms with Gasteiger partial charge in [0.1, 0.15) is 23.0 Å². The third-order valence-corrected chi connectivity index (χ3v) is 26.4. The highest BCUT2D eigenvalue weighted by Gasteiger charge is 2.40. The van der Waals surface area contributed by atoms with E-state index in [-0.39, 0.29) is 31.8 Å². The Kier molecular flexibility index (Phi) is 27.2. The molecule has 20 heteroatoms. The molecule has 20 rings (SSSR count). The maximum Gasteiger partial charge on any atom is 0.339 e. The number of aliphatic hydroxyl groups is 1. The number of hydrogen-bond acceptors (Lipinski definition) is 19. The molecule has 4 atom stereocenters. The lowest BCUT2D eigenvalue weighted by Gasteiger charge is -2.31. The van der Waals surface area contributed by atoms with Crippen molar-refractivity contribution in [3.05, 3.63) is 286 Å². The van der Waals surface area contributed by atoms with E-state index in [1.165, 1.54) is 22.3 Å². The number of carboxylic acid groups (broad SMARTS) is 1. The SMILES string of the molecule is CCC(C)(C)O[C@H](C(=O)O)c1c(C)cc2ccccc2c1-c1ccc2c3c(ccnc13)CCO2.CCOC(=O)[C@@H](O)c1c(C)cc2ccccc2c1-c1ccc2c3c(ccnc13)CCO2.CCOC(=O)[C@@H](OC(C)(C)C)c1c(C)cc2ccccc2c1-c1ccc2c3c(ccnc13)CCO2.CCOC(=O)[C@@H](OC(C)(C)CC)c1c(C)cc2ccccc2c1-c1ccc2c3c(ccnc13)CCO2. The summed E-state index contributed by atoms with van der Waals surface area (Å²) in [5, 5.41) is 33.7. The molecule has 16 aromatic rings. The van der Waals surface area contributed by atoms with Crippen LogP contribution in [0.15, 0.2) is 219 Å². The molecule has 8 heterocycles. The quantitative estimate of drug-likeness (QED) is 0.0472. The van der Waals surface area contributed by atoms with Crippen LogP contribution in [-0.4, -0.2) is 117 Å². The Morgan fingerprint density at radius 3 is 0.897 bits per heavy atom. The highest BCUT2D eigenvalue weighted by atomic mass is 16.6. The molecular weight excluding hydrogens is 1710 g/mol. The van der Waals surface area contributed by atoms with Crippen molar-refractivity contribution < 1.29 is 76.8 Å². The third kappa shape index (κ3) is 18.5. The van der Waals surface area contributed by atoms with Gasteiger partial charge in [-0.15, -0.1) is 0 Å². The molecule has 0 spiro atoms. The standard InChI is InChI=1S/C31H33NO4.C30H31NO4.C29H29NO4.C26H23NO4/c1-6-31(4,5)36-29(30(33)34-7-2)25-19(3)18-21-10-8-9-11-22(21)27(25)23-12-13-24-26-20(15-17-35-24)14-16-32-28(23)26;1-6-33-29(32)28(35-30(3,4)5)24-18(2)17-20-9-7-8-10-21(20)26(24)22-11-12-23-25-19(14-16-34-23)13-15-31-27(22)25;1-5-29(3,4)34-27(28(31)32)23-17(2)16-19-8-6-7-9-20(19)25(23)21-10-11-22-24-18(13-15-33-22)12-14-30-26(21)24;1-3-30-26(29)25(28)21-15(2)14-17-6-4-5-7-18(17)23(21)19-8-9-20-22-16(11-13-31-20)10-12-27-24(19)22/h8-14,16,18,29H,6-7,15,17H2,1-5H3;7-13,15,17,28H,6,14,16H2,1-5H3;6-12,14,16,27H,5,13,15H2,1-4H3,(H,31,32);4-10,12,14,25,28H,3,11,13H2,1-2H3/t29-;28-;27-;25-/m0000/s1. The molecular formula is C116H116N4O16. The number of carbonyl (C=O) groups is 4. The van der Waals surface area contributed by atoms with Gasteiger partial charge in [-0.1, -0.05) is 135 Å². The van der Waals surface area contributed by atoms with Gasteiger partial charge in [-0.3, -0.25) is 19.9 Å². The van der Waals surface area contributed by atoms with Crippen molar-refractivity contribution >= 4 is 111 Å². The predicted molar refractivity (Wildman–Crippen MR) is 537 cm³/mol. The third-order valence-electron chi connectivity index (χ3n) is 26.4. The number of aliphatic hydroxyl groups excluding tert-OH is 1. The normalized spacial score (nSPS) is 14.0. The fourth-order valence-corrected chi connectivity index (χ4v) is 19.6. The van der Waals surface area contributed by atoms with Crippen LogP contribution in [0.4, 0.5) is 0 Å². The van der Waals surface area contributed by atoms with Crippen LogP contribution in [0.5, 0.6) is 23.0 Å². The molecule has 0 saturated heterocycles. The van der Waals surface area contributed by atoms with Gasteiger partial charge in [0.25, 0.3) is 0 Å². The highest BCUT2D eigenvalue weighted by molar-refractivity contribution is 6.14. The first-order valence-corrected chi connectivity index (χ1v) is 47.2. The van der Waals surface area contributed by atoms with Crippen LogP contribution < -0.4 is 18.9 Å². The topological polar surface area (TPSA) is 253 Å². The molecule has 0 aliphatic carbocycles. The molecule has 4 aromatic heterocycles. The van der Waals surface area contributed by atoms with Crippen LogP contribution >= 0.6 is 0 Å². The van der Waals surface area contributed by atoms with E-state index in [1.54, 1.807) is 6.92 Å². The number of aryl methyl sites for hydroxylation is 4. The zero-order chi connectivity index (χ0) is 95.8. The largest absolute Gasteiger partial charge is 0.493 e. The zero-order valence-corrected chi connectivity index (χ0v) is 80.2. The number of esters is 3. The highest BCUT2D eigenvalue weighted by Crippen LogP contribution is 2.52. The molecule has 12 aromatic carbocycles. The molecule has 4 aliphatic rings. The number of aromatic nitrogens is 4. The van der Waals surface area contributed by atoms with Gasteiger partial charge in [0.15, 0.2) is 24.4 Å². The average molecular weight is 1820 g/mol. The molecule has 136 heavy (non-hydrogen) atoms. The summed E-state index contributed by atoms with van der Waals surface area (Å²) in [7, 11) is 0. The number of carboxylic acids is 1. The molecule has 0 saturated carbocycles. The zero-order valence-electron chi connectivity index (χ0n) is 80.2. The minimum atomic E-state index is -1.39. The molecule has 0 fully saturated rings. The minimum Gasteiger partial charge on any atom is -0.493 e. The Morgan fingerprint density at radius 2 is 0.610 bits per heavy atom. The van der Waals surface area contributed by atoms with Crippen LogP contribution in [0, 0.1) is 27.7 Å². The molecule has 0 bridgehead atoms. The van der Waals surface area contributed by atoms with Crippen LogP contribution in [0.3, 0.4) is 0 Å². The molecule has 4 aliphatic heterocycles. The van der Waals surface area contributed by atoms with Gasteiger partial charge in [-0.25, -0.2) is 19.2 Å². The lowest BCUT2D eigenvalue weighted by atomic mass is 9.85. The van der Waals surface area contributed by atoms with E-state index in [4.69, 9.17) is 67.3 Å². The summed E-state index contributed by atoms with van der Waals surface area (Å²) in [5.41, 5.74) is 20.3. The van der Waals surface area contributed by atoms with Crippen molar-refractivity contribution in [2.75, 3.05) is 46.2 Å². The van der Waals surface area contributed by atoms with Gasteiger partial charge < -0.3 is 57.6 Å². The van der Waals surface area contributed by atoms with Gasteiger partial charge in [-0.05, 0) is 292 Å². The van der Waals surface area contributed by atoms with Gasteiger partial charge in [-0.2, -0.15) is 0 Å². The van der Waals surface area contributed by atoms with Crippen molar-refractivity contribution in [3.8, 4) is 67.5 Å². The number of carbonyl (C=O) groups excluding carboxylic acids is 3. The number of ether oxygens (including phenoxy) is 10. The van der Waals surface area contributed by atoms with Crippen LogP contribution in [0.2, 0.25) is 0 Å². The number of fused-ring (bicyclic) bond motifs is 4. The Hall–Kier alpha value is -13.8. The Balaban J connectivity index is 0.000000126. The molecule has 0 unspecified atom stereocenters. The van der Waals surface area contributed by atoms with Crippen molar-refractivity contribution in [1.82, 2.24) is 19.9 Å². The fraction of sp³-hybridized carbons (Fsp3) is 0.310. The van der Waals surface area contributed by atoms with Crippen molar-refractivity contribution in [2.24, 2.45) is 0 Å². The van der Waals surface area contributed by atoms with Gasteiger partial charge in [0.05, 0.1) is 85.1 Å². The summed E-state index contributed by atoms with van der Waals surface area (Å²) in [6.07, 6.45) is 7.90. The maximum absolute atomic E-state index is 13.5. The van der Waals surface area contributed by atoms with E-state index >= 15 is 0 Å². The van der Waals surface area contributed by atoms with E-state index in [2.05, 4.69) is 73.7 Å². The maximum atomic E-state index is 13.5. The summed E-state index contributed by atoms with van der Waals surface area (Å²) >= 11 is 0. The summed E-state index contributed by atoms with van der Waals surface area (Å²) in [4.78, 5) is 71.1. The van der Waals surface area contributed by atoms with Crippen molar-refractivity contribution in [2.45, 2.75) is 191 Å². The number of benzene rings is 12. The van der Waals surface area contributed by atoms with E-state index in [9.17, 15) is 29.4 Å². The van der Waals surface area contributed by atoms with Crippen LogP contribution in [-0.2, 0) is 73.3 Å². The van der Waals surface area contributed by atoms with E-state index in [0.29, 0.717) is 44.0 Å². The first kappa shape index (κ1) is 94.0. The molecule has 0 amide bonds. The first-order valence-electron chi connectivity index (χ1n) is 47.2. The minimum absolute atomic E-state index is 0.206. The van der Waals surface area contributed by atoms with E-state index in [1.807, 2.05) is 249 Å². The van der Waals surface area contributed by atoms with Crippen LogP contribution in [0.1, 0.15) is 187 Å². The fourth-order valence-electron chi connectivity index (χ4n) is 19.6. The monoisotopic (exact) mass is 1820 g/mol. The van der Waals surface area contributed by atoms with Gasteiger partial charge in [0.2, 0.25) is 0 Å². The van der Waals surface area contributed by atoms with E-state index < -0.39 is 53.2 Å². The van der Waals surface area contributed by atoms with Gasteiger partial charge in [0, 0.05) is 117 Å². The molecule has 20 nitrogen and oxygen atoms in total.